The standard InChI is InChI=1S/C15H10ClN3O2S/c16-11-6-7-13(21-19-10-22-18-15(19)9-17)14(8-11)20-12-4-2-1-3-5-12/h1-8H,10H2. The minimum absolute atomic E-state index is 0.214. The molecule has 0 unspecified atom stereocenters. The normalized spacial score (nSPS) is 13.5. The lowest BCUT2D eigenvalue weighted by molar-refractivity contribution is 0.0423. The highest BCUT2D eigenvalue weighted by Gasteiger charge is 2.21. The quantitative estimate of drug-likeness (QED) is 0.783. The number of ether oxygens (including phenoxy) is 1. The van der Waals surface area contributed by atoms with Gasteiger partial charge in [-0.3, -0.25) is 0 Å². The van der Waals surface area contributed by atoms with E-state index in [1.54, 1.807) is 18.2 Å². The van der Waals surface area contributed by atoms with Crippen molar-refractivity contribution in [3.05, 3.63) is 53.6 Å². The maximum absolute atomic E-state index is 8.99. The van der Waals surface area contributed by atoms with Crippen molar-refractivity contribution in [1.29, 1.82) is 5.26 Å². The SMILES string of the molecule is N#CC1=NSCN1Oc1ccc(Cl)cc1Oc1ccccc1. The molecule has 0 radical (unpaired) electrons. The molecule has 5 nitrogen and oxygen atoms in total. The summed E-state index contributed by atoms with van der Waals surface area (Å²) in [5, 5.41) is 10.9. The molecule has 1 aliphatic rings. The lowest BCUT2D eigenvalue weighted by Gasteiger charge is -2.18. The Morgan fingerprint density at radius 3 is 2.77 bits per heavy atom. The van der Waals surface area contributed by atoms with Crippen LogP contribution in [0.4, 0.5) is 0 Å². The highest BCUT2D eigenvalue weighted by Crippen LogP contribution is 2.35. The number of para-hydroxylation sites is 1. The van der Waals surface area contributed by atoms with Gasteiger partial charge in [0.1, 0.15) is 17.7 Å². The summed E-state index contributed by atoms with van der Waals surface area (Å²) in [7, 11) is 0. The van der Waals surface area contributed by atoms with E-state index in [4.69, 9.17) is 26.4 Å². The van der Waals surface area contributed by atoms with Gasteiger partial charge in [-0.05, 0) is 24.3 Å². The van der Waals surface area contributed by atoms with Crippen LogP contribution < -0.4 is 9.57 Å². The summed E-state index contributed by atoms with van der Waals surface area (Å²) in [5.74, 6) is 2.24. The first-order valence-electron chi connectivity index (χ1n) is 6.34. The monoisotopic (exact) mass is 331 g/mol. The Bertz CT molecular complexity index is 746. The van der Waals surface area contributed by atoms with Gasteiger partial charge in [-0.15, -0.1) is 0 Å². The number of halogens is 1. The Morgan fingerprint density at radius 2 is 2.00 bits per heavy atom. The van der Waals surface area contributed by atoms with E-state index in [0.29, 0.717) is 28.1 Å². The van der Waals surface area contributed by atoms with E-state index in [1.807, 2.05) is 36.4 Å². The van der Waals surface area contributed by atoms with E-state index in [-0.39, 0.29) is 5.84 Å². The van der Waals surface area contributed by atoms with Gasteiger partial charge < -0.3 is 9.57 Å². The molecule has 0 bridgehead atoms. The van der Waals surface area contributed by atoms with Crippen molar-refractivity contribution in [3.63, 3.8) is 0 Å². The van der Waals surface area contributed by atoms with Crippen LogP contribution in [0.15, 0.2) is 52.9 Å². The van der Waals surface area contributed by atoms with Gasteiger partial charge in [0.05, 0.1) is 0 Å². The van der Waals surface area contributed by atoms with Crippen LogP contribution in [0, 0.1) is 11.3 Å². The summed E-state index contributed by atoms with van der Waals surface area (Å²) < 4.78 is 9.77. The summed E-state index contributed by atoms with van der Waals surface area (Å²) in [6.45, 7) is 0. The van der Waals surface area contributed by atoms with Crippen LogP contribution in [-0.4, -0.2) is 16.8 Å². The minimum Gasteiger partial charge on any atom is -0.453 e. The van der Waals surface area contributed by atoms with Crippen molar-refractivity contribution in [2.24, 2.45) is 4.40 Å². The first-order chi connectivity index (χ1) is 10.8. The van der Waals surface area contributed by atoms with Crippen molar-refractivity contribution < 1.29 is 9.57 Å². The van der Waals surface area contributed by atoms with Crippen molar-refractivity contribution in [2.45, 2.75) is 0 Å². The van der Waals surface area contributed by atoms with E-state index in [9.17, 15) is 0 Å². The maximum atomic E-state index is 8.99. The maximum Gasteiger partial charge on any atom is 0.249 e. The van der Waals surface area contributed by atoms with Crippen molar-refractivity contribution in [3.8, 4) is 23.3 Å². The molecular weight excluding hydrogens is 322 g/mol. The highest BCUT2D eigenvalue weighted by molar-refractivity contribution is 7.98. The van der Waals surface area contributed by atoms with Crippen molar-refractivity contribution >= 4 is 29.4 Å². The molecule has 0 atom stereocenters. The number of rotatable bonds is 4. The minimum atomic E-state index is 0.214. The van der Waals surface area contributed by atoms with Crippen LogP contribution in [0.1, 0.15) is 0 Å². The van der Waals surface area contributed by atoms with Gasteiger partial charge in [0.2, 0.25) is 5.84 Å². The molecule has 1 heterocycles. The van der Waals surface area contributed by atoms with Crippen LogP contribution in [-0.2, 0) is 0 Å². The first kappa shape index (κ1) is 14.6. The second-order valence-corrected chi connectivity index (χ2v) is 5.40. The molecule has 7 heteroatoms. The first-order valence-corrected chi connectivity index (χ1v) is 7.66. The van der Waals surface area contributed by atoms with Crippen LogP contribution >= 0.6 is 23.5 Å². The summed E-state index contributed by atoms with van der Waals surface area (Å²) >= 11 is 7.27. The smallest absolute Gasteiger partial charge is 0.249 e. The molecule has 0 spiro atoms. The van der Waals surface area contributed by atoms with Gasteiger partial charge in [-0.25, -0.2) is 0 Å². The average Bonchev–Trinajstić information content (AvgIpc) is 2.98. The molecule has 0 aliphatic carbocycles. The van der Waals surface area contributed by atoms with Gasteiger partial charge in [0.15, 0.2) is 11.5 Å². The van der Waals surface area contributed by atoms with Crippen molar-refractivity contribution in [1.82, 2.24) is 5.06 Å². The van der Waals surface area contributed by atoms with E-state index in [0.717, 1.165) is 0 Å². The van der Waals surface area contributed by atoms with Crippen LogP contribution in [0.2, 0.25) is 5.02 Å². The van der Waals surface area contributed by atoms with Crippen LogP contribution in [0.5, 0.6) is 17.2 Å². The van der Waals surface area contributed by atoms with E-state index in [1.165, 1.54) is 17.0 Å². The third kappa shape index (κ3) is 3.27. The summed E-state index contributed by atoms with van der Waals surface area (Å²) in [4.78, 5) is 5.71. The third-order valence-electron chi connectivity index (χ3n) is 2.75. The molecule has 2 aromatic carbocycles. The Kier molecular flexibility index (Phi) is 4.37. The Balaban J connectivity index is 1.85. The molecule has 0 amide bonds. The third-order valence-corrected chi connectivity index (χ3v) is 3.63. The molecule has 3 rings (SSSR count). The largest absolute Gasteiger partial charge is 0.453 e. The lowest BCUT2D eigenvalue weighted by atomic mass is 10.3. The number of hydroxylamine groups is 2. The molecule has 0 saturated heterocycles. The molecule has 0 aromatic heterocycles. The van der Waals surface area contributed by atoms with Gasteiger partial charge in [-0.1, -0.05) is 29.8 Å². The average molecular weight is 332 g/mol. The second kappa shape index (κ2) is 6.60. The van der Waals surface area contributed by atoms with Crippen LogP contribution in [0.3, 0.4) is 0 Å². The Morgan fingerprint density at radius 1 is 1.18 bits per heavy atom. The van der Waals surface area contributed by atoms with E-state index in [2.05, 4.69) is 4.40 Å². The number of hydrogen-bond acceptors (Lipinski definition) is 6. The number of benzene rings is 2. The number of amidine groups is 1. The fourth-order valence-electron chi connectivity index (χ4n) is 1.77. The van der Waals surface area contributed by atoms with Gasteiger partial charge in [0, 0.05) is 23.0 Å². The predicted octanol–water partition coefficient (Wildman–Crippen LogP) is 4.27. The molecule has 2 aromatic rings. The Labute approximate surface area is 136 Å². The zero-order chi connectivity index (χ0) is 15.4. The van der Waals surface area contributed by atoms with E-state index >= 15 is 0 Å². The number of nitrogens with zero attached hydrogens (tertiary/aromatic N) is 3. The summed E-state index contributed by atoms with van der Waals surface area (Å²) in [6, 6.07) is 16.3. The van der Waals surface area contributed by atoms with Gasteiger partial charge in [0.25, 0.3) is 0 Å². The lowest BCUT2D eigenvalue weighted by Crippen LogP contribution is -2.29. The fraction of sp³-hybridized carbons (Fsp3) is 0.0667. The number of hydrogen-bond donors (Lipinski definition) is 0. The molecule has 0 N–H and O–H groups in total. The molecule has 0 fully saturated rings. The Hall–Kier alpha value is -2.36. The van der Waals surface area contributed by atoms with Gasteiger partial charge >= 0.3 is 0 Å². The second-order valence-electron chi connectivity index (χ2n) is 4.26. The number of nitriles is 1. The topological polar surface area (TPSA) is 57.9 Å². The predicted molar refractivity (Wildman–Crippen MR) is 85.9 cm³/mol. The molecule has 0 saturated carbocycles. The summed E-state index contributed by atoms with van der Waals surface area (Å²) in [6.07, 6.45) is 0. The zero-order valence-corrected chi connectivity index (χ0v) is 12.8. The fourth-order valence-corrected chi connectivity index (χ4v) is 2.52. The van der Waals surface area contributed by atoms with Crippen molar-refractivity contribution in [2.75, 3.05) is 5.88 Å². The van der Waals surface area contributed by atoms with E-state index < -0.39 is 0 Å². The van der Waals surface area contributed by atoms with Crippen LogP contribution in [0.25, 0.3) is 0 Å². The zero-order valence-electron chi connectivity index (χ0n) is 11.3. The molecular formula is C15H10ClN3O2S. The molecule has 1 aliphatic heterocycles. The molecule has 22 heavy (non-hydrogen) atoms. The molecule has 110 valence electrons. The van der Waals surface area contributed by atoms with Gasteiger partial charge in [-0.2, -0.15) is 14.7 Å². The summed E-state index contributed by atoms with van der Waals surface area (Å²) in [5.41, 5.74) is 0. The highest BCUT2D eigenvalue weighted by atomic mass is 35.5.